The number of benzene rings is 1. The topological polar surface area (TPSA) is 106 Å². The molecule has 0 radical (unpaired) electrons. The first-order valence-electron chi connectivity index (χ1n) is 13.6. The van der Waals surface area contributed by atoms with E-state index in [2.05, 4.69) is 15.2 Å². The first-order valence-corrected chi connectivity index (χ1v) is 14.8. The van der Waals surface area contributed by atoms with Gasteiger partial charge in [-0.3, -0.25) is 14.8 Å². The van der Waals surface area contributed by atoms with Gasteiger partial charge in [0.15, 0.2) is 10.8 Å². The van der Waals surface area contributed by atoms with E-state index in [0.29, 0.717) is 48.4 Å². The van der Waals surface area contributed by atoms with E-state index in [1.807, 2.05) is 33.1 Å². The van der Waals surface area contributed by atoms with Gasteiger partial charge in [-0.1, -0.05) is 45.4 Å². The summed E-state index contributed by atoms with van der Waals surface area (Å²) in [7, 11) is 2.67. The number of aromatic nitrogens is 1. The smallest absolute Gasteiger partial charge is 0.410 e. The van der Waals surface area contributed by atoms with Crippen molar-refractivity contribution in [3.63, 3.8) is 0 Å². The van der Waals surface area contributed by atoms with Crippen LogP contribution in [0.1, 0.15) is 44.3 Å². The van der Waals surface area contributed by atoms with E-state index in [1.54, 1.807) is 11.1 Å². The molecule has 41 heavy (non-hydrogen) atoms. The summed E-state index contributed by atoms with van der Waals surface area (Å²) in [6.07, 6.45) is 1.29. The maximum Gasteiger partial charge on any atom is 0.410 e. The Morgan fingerprint density at radius 3 is 2.61 bits per heavy atom. The van der Waals surface area contributed by atoms with E-state index >= 15 is 0 Å². The molecule has 4 atom stereocenters. The third-order valence-electron chi connectivity index (χ3n) is 7.58. The molecule has 3 fully saturated rings. The van der Waals surface area contributed by atoms with Crippen LogP contribution in [0.25, 0.3) is 0 Å². The molecule has 5 heterocycles. The van der Waals surface area contributed by atoms with Gasteiger partial charge in [0.25, 0.3) is 0 Å². The van der Waals surface area contributed by atoms with E-state index in [-0.39, 0.29) is 28.8 Å². The molecule has 1 spiro atoms. The summed E-state index contributed by atoms with van der Waals surface area (Å²) in [5.74, 6) is -0.592. The first-order chi connectivity index (χ1) is 19.9. The average Bonchev–Trinajstić information content (AvgIpc) is 3.68. The zero-order valence-corrected chi connectivity index (χ0v) is 25.5. The number of likely N-dealkylation sites (tertiary alicyclic amines) is 2. The van der Waals surface area contributed by atoms with Crippen molar-refractivity contribution < 1.29 is 28.2 Å². The lowest BCUT2D eigenvalue weighted by atomic mass is 9.66. The molecule has 3 saturated heterocycles. The molecule has 222 valence electrons. The number of amidine groups is 1. The summed E-state index contributed by atoms with van der Waals surface area (Å²) in [5.41, 5.74) is 0.894. The number of hydrogen-bond donors (Lipinski definition) is 1. The summed E-state index contributed by atoms with van der Waals surface area (Å²) in [6.45, 7) is 9.73. The Morgan fingerprint density at radius 1 is 1.22 bits per heavy atom. The molecule has 1 amide bonds. The Bertz CT molecular complexity index is 1340. The number of nitrogens with zero attached hydrogens (tertiary/aromatic N) is 4. The van der Waals surface area contributed by atoms with Crippen LogP contribution >= 0.6 is 22.9 Å². The minimum absolute atomic E-state index is 0.0438. The summed E-state index contributed by atoms with van der Waals surface area (Å²) in [5, 5.41) is 5.91. The highest BCUT2D eigenvalue weighted by atomic mass is 35.5. The quantitative estimate of drug-likeness (QED) is 0.499. The SMILES string of the molecule is CC.CC.COC(=O)C1=C(CN2C3COCC34C2CN4C(=O)OC)NC(c2nccs2)=N[C@H]1c1ccc(F)cc1Cl. The second-order valence-electron chi connectivity index (χ2n) is 9.18. The Balaban J connectivity index is 0.000000929. The van der Waals surface area contributed by atoms with Crippen molar-refractivity contribution >= 4 is 40.8 Å². The van der Waals surface area contributed by atoms with Crippen LogP contribution in [0.5, 0.6) is 0 Å². The van der Waals surface area contributed by atoms with E-state index < -0.39 is 23.4 Å². The van der Waals surface area contributed by atoms with E-state index in [9.17, 15) is 14.0 Å². The van der Waals surface area contributed by atoms with Gasteiger partial charge in [-0.05, 0) is 12.1 Å². The molecule has 0 saturated carbocycles. The molecule has 1 aromatic carbocycles. The minimum atomic E-state index is -0.838. The lowest BCUT2D eigenvalue weighted by molar-refractivity contribution is -0.203. The van der Waals surface area contributed by atoms with Crippen LogP contribution in [0, 0.1) is 5.82 Å². The van der Waals surface area contributed by atoms with E-state index in [4.69, 9.17) is 30.8 Å². The normalized spacial score (nSPS) is 25.9. The van der Waals surface area contributed by atoms with Gasteiger partial charge in [-0.2, -0.15) is 0 Å². The van der Waals surface area contributed by atoms with Crippen molar-refractivity contribution in [1.29, 1.82) is 0 Å². The summed E-state index contributed by atoms with van der Waals surface area (Å²) in [6, 6.07) is 3.15. The Morgan fingerprint density at radius 2 is 1.98 bits per heavy atom. The molecule has 0 bridgehead atoms. The predicted molar refractivity (Wildman–Crippen MR) is 155 cm³/mol. The third kappa shape index (κ3) is 5.11. The Hall–Kier alpha value is -3.06. The van der Waals surface area contributed by atoms with Gasteiger partial charge in [0, 0.05) is 40.9 Å². The number of hydrogen-bond acceptors (Lipinski definition) is 10. The lowest BCUT2D eigenvalue weighted by Crippen LogP contribution is -2.92. The molecule has 6 rings (SSSR count). The number of amides is 1. The highest BCUT2D eigenvalue weighted by molar-refractivity contribution is 7.11. The van der Waals surface area contributed by atoms with Crippen LogP contribution < -0.4 is 5.32 Å². The number of rotatable bonds is 5. The maximum atomic E-state index is 13.9. The summed E-state index contributed by atoms with van der Waals surface area (Å²) in [4.78, 5) is 38.5. The molecule has 1 N–H and O–H groups in total. The molecule has 0 aliphatic carbocycles. The molecular formula is C28H35ClFN5O5S. The second kappa shape index (κ2) is 12.8. The average molecular weight is 608 g/mol. The number of carbonyl (C=O) groups is 2. The predicted octanol–water partition coefficient (Wildman–Crippen LogP) is 4.41. The highest BCUT2D eigenvalue weighted by Crippen LogP contribution is 2.53. The summed E-state index contributed by atoms with van der Waals surface area (Å²) >= 11 is 7.82. The number of methoxy groups -OCH3 is 2. The first kappa shape index (κ1) is 30.9. The van der Waals surface area contributed by atoms with Crippen LogP contribution in [0.3, 0.4) is 0 Å². The fourth-order valence-electron chi connectivity index (χ4n) is 5.85. The van der Waals surface area contributed by atoms with Crippen molar-refractivity contribution in [2.24, 2.45) is 4.99 Å². The second-order valence-corrected chi connectivity index (χ2v) is 10.5. The standard InChI is InChI=1S/C24H23ClFN5O5S.2C2H6/c1-34-22(32)18-15(8-30-16-9-31(23(33)35-2)24(16)11-36-10-17(24)30)28-20(21-27-5-6-37-21)29-19(18)13-4-3-12(26)7-14(13)25;2*1-2/h3-7,16-17,19H,8-11H2,1-2H3,(H,28,29);2*1-2H3/t16?,17?,19-,24?;;/m0../s1. The molecule has 3 unspecified atom stereocenters. The van der Waals surface area contributed by atoms with Crippen LogP contribution in [-0.2, 0) is 19.0 Å². The van der Waals surface area contributed by atoms with Gasteiger partial charge in [0.05, 0.1) is 45.1 Å². The largest absolute Gasteiger partial charge is 0.466 e. The van der Waals surface area contributed by atoms with Crippen LogP contribution in [0.4, 0.5) is 9.18 Å². The molecule has 13 heteroatoms. The van der Waals surface area contributed by atoms with Crippen LogP contribution in [0.2, 0.25) is 5.02 Å². The number of halogens is 2. The monoisotopic (exact) mass is 607 g/mol. The zero-order valence-electron chi connectivity index (χ0n) is 23.9. The fraction of sp³-hybridized carbons (Fsp3) is 0.500. The molecule has 10 nitrogen and oxygen atoms in total. The molecular weight excluding hydrogens is 573 g/mol. The van der Waals surface area contributed by atoms with Crippen molar-refractivity contribution in [2.75, 3.05) is 40.5 Å². The van der Waals surface area contributed by atoms with Crippen LogP contribution in [-0.4, -0.2) is 90.8 Å². The third-order valence-corrected chi connectivity index (χ3v) is 8.69. The van der Waals surface area contributed by atoms with Crippen molar-refractivity contribution in [1.82, 2.24) is 20.1 Å². The van der Waals surface area contributed by atoms with Crippen molar-refractivity contribution in [2.45, 2.75) is 51.4 Å². The van der Waals surface area contributed by atoms with E-state index in [1.165, 1.54) is 43.8 Å². The molecule has 4 aliphatic rings. The number of nitrogens with one attached hydrogen (secondary N) is 1. The minimum Gasteiger partial charge on any atom is -0.466 e. The maximum absolute atomic E-state index is 13.9. The highest BCUT2D eigenvalue weighted by Gasteiger charge is 2.74. The summed E-state index contributed by atoms with van der Waals surface area (Å²) < 4.78 is 29.8. The van der Waals surface area contributed by atoms with Crippen LogP contribution in [0.15, 0.2) is 46.0 Å². The number of ether oxygens (including phenoxy) is 3. The molecule has 1 aromatic heterocycles. The van der Waals surface area contributed by atoms with Gasteiger partial charge in [0.1, 0.15) is 17.4 Å². The van der Waals surface area contributed by atoms with Gasteiger partial charge in [-0.15, -0.1) is 11.3 Å². The number of aliphatic imine (C=N–C) groups is 1. The Kier molecular flexibility index (Phi) is 9.68. The molecule has 4 aliphatic heterocycles. The van der Waals surface area contributed by atoms with Gasteiger partial charge in [-0.25, -0.2) is 19.0 Å². The van der Waals surface area contributed by atoms with Crippen molar-refractivity contribution in [3.05, 3.63) is 62.5 Å². The van der Waals surface area contributed by atoms with E-state index in [0.717, 1.165) is 0 Å². The lowest BCUT2D eigenvalue weighted by Gasteiger charge is -2.71. The molecule has 2 aromatic rings. The fourth-order valence-corrected chi connectivity index (χ4v) is 6.71. The number of esters is 1. The number of thiazole rings is 1. The number of piperazine rings is 1. The Labute approximate surface area is 248 Å². The van der Waals surface area contributed by atoms with Gasteiger partial charge < -0.3 is 19.5 Å². The number of carbonyl (C=O) groups excluding carboxylic acids is 2. The van der Waals surface area contributed by atoms with Gasteiger partial charge >= 0.3 is 12.1 Å². The zero-order chi connectivity index (χ0) is 29.9. The van der Waals surface area contributed by atoms with Gasteiger partial charge in [0.2, 0.25) is 0 Å². The van der Waals surface area contributed by atoms with Crippen molar-refractivity contribution in [3.8, 4) is 0 Å².